The van der Waals surface area contributed by atoms with E-state index in [0.29, 0.717) is 53.9 Å². The van der Waals surface area contributed by atoms with Gasteiger partial charge >= 0.3 is 0 Å². The fourth-order valence-electron chi connectivity index (χ4n) is 5.06. The summed E-state index contributed by atoms with van der Waals surface area (Å²) in [6, 6.07) is 16.5. The van der Waals surface area contributed by atoms with E-state index in [1.54, 1.807) is 49.4 Å². The normalized spacial score (nSPS) is 17.7. The highest BCUT2D eigenvalue weighted by Gasteiger charge is 2.51. The Morgan fingerprint density at radius 3 is 2.56 bits per heavy atom. The Balaban J connectivity index is 1.62. The average molecular weight is 581 g/mol. The third-order valence-corrected chi connectivity index (χ3v) is 8.36. The molecule has 4 rings (SSSR count). The molecule has 2 aromatic carbocycles. The molecule has 11 heteroatoms. The molecule has 2 heterocycles. The van der Waals surface area contributed by atoms with Crippen LogP contribution in [-0.2, 0) is 26.8 Å². The van der Waals surface area contributed by atoms with E-state index in [-0.39, 0.29) is 24.1 Å². The van der Waals surface area contributed by atoms with Crippen molar-refractivity contribution in [1.82, 2.24) is 10.3 Å². The molecule has 0 aliphatic carbocycles. The molecule has 1 amide bonds. The summed E-state index contributed by atoms with van der Waals surface area (Å²) in [6.07, 6.45) is 2.59. The number of nitrogens with zero attached hydrogens (tertiary/aromatic N) is 3. The number of aromatic nitrogens is 1. The van der Waals surface area contributed by atoms with Gasteiger partial charge in [0.05, 0.1) is 18.4 Å². The molecule has 1 aromatic heterocycles. The maximum absolute atomic E-state index is 13.7. The van der Waals surface area contributed by atoms with Gasteiger partial charge in [-0.15, -0.1) is 0 Å². The van der Waals surface area contributed by atoms with Gasteiger partial charge < -0.3 is 14.8 Å². The lowest BCUT2D eigenvalue weighted by Crippen LogP contribution is -2.40. The smallest absolute Gasteiger partial charge is 0.233 e. The molecule has 0 radical (unpaired) electrons. The van der Waals surface area contributed by atoms with Crippen molar-refractivity contribution in [3.63, 3.8) is 0 Å². The van der Waals surface area contributed by atoms with Gasteiger partial charge in [0.1, 0.15) is 35.0 Å². The number of benzene rings is 2. The number of sulfonamides is 1. The molecule has 0 fully saturated rings. The summed E-state index contributed by atoms with van der Waals surface area (Å²) in [6.45, 7) is 4.08. The van der Waals surface area contributed by atoms with E-state index in [2.05, 4.69) is 16.4 Å². The van der Waals surface area contributed by atoms with Gasteiger partial charge in [0.25, 0.3) is 0 Å². The van der Waals surface area contributed by atoms with Crippen LogP contribution in [-0.4, -0.2) is 45.8 Å². The topological polar surface area (TPSA) is 122 Å². The number of pyridine rings is 1. The second-order valence-electron chi connectivity index (χ2n) is 9.98. The van der Waals surface area contributed by atoms with Crippen molar-refractivity contribution in [1.29, 1.82) is 5.26 Å². The minimum Gasteiger partial charge on any atom is -0.492 e. The van der Waals surface area contributed by atoms with Crippen LogP contribution in [0.3, 0.4) is 0 Å². The zero-order valence-electron chi connectivity index (χ0n) is 23.5. The number of nitriles is 1. The summed E-state index contributed by atoms with van der Waals surface area (Å²) in [5.41, 5.74) is 1.01. The fourth-order valence-corrected chi connectivity index (χ4v) is 6.00. The van der Waals surface area contributed by atoms with Gasteiger partial charge in [0, 0.05) is 19.2 Å². The molecule has 0 saturated carbocycles. The first-order chi connectivity index (χ1) is 19.5. The lowest BCUT2D eigenvalue weighted by Gasteiger charge is -2.30. The molecule has 0 saturated heterocycles. The molecule has 1 N–H and O–H groups in total. The number of aryl methyl sites for hydroxylation is 1. The Hall–Kier alpha value is -4.17. The number of anilines is 1. The third-order valence-electron chi connectivity index (χ3n) is 7.21. The van der Waals surface area contributed by atoms with E-state index in [9.17, 15) is 22.9 Å². The summed E-state index contributed by atoms with van der Waals surface area (Å²) >= 11 is 0. The van der Waals surface area contributed by atoms with E-state index in [4.69, 9.17) is 9.47 Å². The van der Waals surface area contributed by atoms with Gasteiger partial charge in [0.15, 0.2) is 0 Å². The maximum atomic E-state index is 13.7. The van der Waals surface area contributed by atoms with Crippen LogP contribution < -0.4 is 19.1 Å². The van der Waals surface area contributed by atoms with Crippen molar-refractivity contribution in [3.05, 3.63) is 82.7 Å². The van der Waals surface area contributed by atoms with Crippen molar-refractivity contribution in [2.24, 2.45) is 0 Å². The van der Waals surface area contributed by atoms with E-state index in [1.807, 2.05) is 6.92 Å². The van der Waals surface area contributed by atoms with Crippen LogP contribution in [0.25, 0.3) is 0 Å². The van der Waals surface area contributed by atoms with Crippen LogP contribution in [0.2, 0.25) is 0 Å². The predicted molar refractivity (Wildman–Crippen MR) is 153 cm³/mol. The number of amides is 1. The second kappa shape index (κ2) is 12.1. The molecule has 3 aromatic rings. The molecule has 0 bridgehead atoms. The number of likely N-dealkylation sites (N-methyl/N-ethyl adjacent to an activating group) is 1. The molecule has 1 aliphatic heterocycles. The van der Waals surface area contributed by atoms with Crippen molar-refractivity contribution in [2.45, 2.75) is 44.6 Å². The monoisotopic (exact) mass is 580 g/mol. The van der Waals surface area contributed by atoms with Gasteiger partial charge in [0.2, 0.25) is 21.8 Å². The molecule has 2 unspecified atom stereocenters. The lowest BCUT2D eigenvalue weighted by atomic mass is 9.80. The standard InChI is InChI=1S/C30H33FN4O5S/c1-5-20-18-24-26(28(36)33-3)30(2,22-12-14-23(31)15-13-22)40-29(24)34-27(20)35(41(4,37)38)16-8-9-17-39-25-11-7-6-10-21(25)19-32/h6-7,10-15,18,26H,5,8-9,16-17H2,1-4H3,(H,33,36). The van der Waals surface area contributed by atoms with Gasteiger partial charge in [-0.05, 0) is 67.6 Å². The Bertz CT molecular complexity index is 1570. The number of fused-ring (bicyclic) bond motifs is 1. The molecule has 1 aliphatic rings. The maximum Gasteiger partial charge on any atom is 0.233 e. The second-order valence-corrected chi connectivity index (χ2v) is 11.9. The number of hydrogen-bond acceptors (Lipinski definition) is 7. The molecule has 216 valence electrons. The first kappa shape index (κ1) is 29.8. The van der Waals surface area contributed by atoms with Crippen molar-refractivity contribution in [2.75, 3.05) is 30.8 Å². The summed E-state index contributed by atoms with van der Waals surface area (Å²) in [7, 11) is -2.20. The minimum atomic E-state index is -3.73. The molecule has 9 nitrogen and oxygen atoms in total. The van der Waals surface area contributed by atoms with Gasteiger partial charge in [-0.1, -0.05) is 31.2 Å². The number of carbonyl (C=O) groups is 1. The van der Waals surface area contributed by atoms with Crippen molar-refractivity contribution < 1.29 is 27.1 Å². The van der Waals surface area contributed by atoms with Crippen LogP contribution in [0.15, 0.2) is 54.6 Å². The molecular weight excluding hydrogens is 547 g/mol. The Morgan fingerprint density at radius 2 is 1.93 bits per heavy atom. The minimum absolute atomic E-state index is 0.148. The Labute approximate surface area is 240 Å². The Morgan fingerprint density at radius 1 is 1.22 bits per heavy atom. The molecular formula is C30H33FN4O5S. The van der Waals surface area contributed by atoms with Crippen LogP contribution in [0.1, 0.15) is 54.9 Å². The van der Waals surface area contributed by atoms with Gasteiger partial charge in [-0.3, -0.25) is 9.10 Å². The number of ether oxygens (including phenoxy) is 2. The van der Waals surface area contributed by atoms with Crippen LogP contribution >= 0.6 is 0 Å². The number of carbonyl (C=O) groups excluding carboxylic acids is 1. The zero-order chi connectivity index (χ0) is 29.8. The summed E-state index contributed by atoms with van der Waals surface area (Å²) < 4.78 is 52.9. The van der Waals surface area contributed by atoms with Gasteiger partial charge in [-0.25, -0.2) is 12.8 Å². The van der Waals surface area contributed by atoms with Crippen LogP contribution in [0.4, 0.5) is 10.2 Å². The first-order valence-electron chi connectivity index (χ1n) is 13.3. The quantitative estimate of drug-likeness (QED) is 0.333. The lowest BCUT2D eigenvalue weighted by molar-refractivity contribution is -0.125. The van der Waals surface area contributed by atoms with Crippen LogP contribution in [0, 0.1) is 17.1 Å². The molecule has 0 spiro atoms. The fraction of sp³-hybridized carbons (Fsp3) is 0.367. The largest absolute Gasteiger partial charge is 0.492 e. The highest BCUT2D eigenvalue weighted by molar-refractivity contribution is 7.92. The highest BCUT2D eigenvalue weighted by atomic mass is 32.2. The van der Waals surface area contributed by atoms with E-state index in [0.717, 1.165) is 6.26 Å². The summed E-state index contributed by atoms with van der Waals surface area (Å²) in [5, 5.41) is 11.9. The number of para-hydroxylation sites is 1. The first-order valence-corrected chi connectivity index (χ1v) is 15.2. The SMILES string of the molecule is CCc1cc2c(nc1N(CCCCOc1ccccc1C#N)S(C)(=O)=O)OC(C)(c1ccc(F)cc1)C2C(=O)NC. The zero-order valence-corrected chi connectivity index (χ0v) is 24.3. The number of nitrogens with one attached hydrogen (secondary N) is 1. The van der Waals surface area contributed by atoms with Gasteiger partial charge in [-0.2, -0.15) is 10.2 Å². The average Bonchev–Trinajstić information content (AvgIpc) is 3.25. The highest BCUT2D eigenvalue weighted by Crippen LogP contribution is 2.51. The van der Waals surface area contributed by atoms with Crippen molar-refractivity contribution in [3.8, 4) is 17.7 Å². The summed E-state index contributed by atoms with van der Waals surface area (Å²) in [4.78, 5) is 17.8. The van der Waals surface area contributed by atoms with E-state index >= 15 is 0 Å². The van der Waals surface area contributed by atoms with E-state index < -0.39 is 27.4 Å². The summed E-state index contributed by atoms with van der Waals surface area (Å²) in [5.74, 6) is -0.631. The Kier molecular flexibility index (Phi) is 8.83. The molecule has 41 heavy (non-hydrogen) atoms. The predicted octanol–water partition coefficient (Wildman–Crippen LogP) is 4.42. The number of halogens is 1. The van der Waals surface area contributed by atoms with E-state index in [1.165, 1.54) is 23.5 Å². The van der Waals surface area contributed by atoms with Crippen molar-refractivity contribution >= 4 is 21.7 Å². The number of unbranched alkanes of at least 4 members (excludes halogenated alkanes) is 1. The third kappa shape index (κ3) is 6.12. The molecule has 2 atom stereocenters. The van der Waals surface area contributed by atoms with Crippen LogP contribution in [0.5, 0.6) is 11.6 Å². The number of rotatable bonds is 11. The number of hydrogen-bond donors (Lipinski definition) is 1.